The fourth-order valence-corrected chi connectivity index (χ4v) is 2.43. The van der Waals surface area contributed by atoms with Crippen LogP contribution in [0.25, 0.3) is 0 Å². The molecule has 0 aliphatic heterocycles. The van der Waals surface area contributed by atoms with Crippen LogP contribution in [-0.2, 0) is 14.0 Å². The SMILES string of the molecule is Cc1ccccc1[SiH2]OC(=O)CCCC(=O)O. The Morgan fingerprint density at radius 1 is 1.29 bits per heavy atom. The normalized spacial score (nSPS) is 10.6. The smallest absolute Gasteiger partial charge is 0.303 e. The lowest BCUT2D eigenvalue weighted by atomic mass is 10.2. The van der Waals surface area contributed by atoms with E-state index in [0.29, 0.717) is 6.42 Å². The average molecular weight is 252 g/mol. The van der Waals surface area contributed by atoms with Gasteiger partial charge in [0.2, 0.25) is 0 Å². The van der Waals surface area contributed by atoms with E-state index in [9.17, 15) is 9.59 Å². The molecule has 1 aromatic rings. The molecule has 0 amide bonds. The number of rotatable bonds is 6. The topological polar surface area (TPSA) is 63.6 Å². The standard InChI is InChI=1S/C12H16O4Si/c1-9-5-2-3-6-10(9)17-16-12(15)8-4-7-11(13)14/h2-3,5-6H,4,7-8,17H2,1H3,(H,13,14). The maximum Gasteiger partial charge on any atom is 0.303 e. The molecule has 0 saturated carbocycles. The molecule has 17 heavy (non-hydrogen) atoms. The first-order valence-corrected chi connectivity index (χ1v) is 6.80. The highest BCUT2D eigenvalue weighted by Crippen LogP contribution is 1.98. The third-order valence-electron chi connectivity index (χ3n) is 2.42. The van der Waals surface area contributed by atoms with Crippen LogP contribution < -0.4 is 5.19 Å². The molecular weight excluding hydrogens is 236 g/mol. The molecule has 0 bridgehead atoms. The minimum absolute atomic E-state index is 0.0149. The van der Waals surface area contributed by atoms with Crippen LogP contribution in [0.2, 0.25) is 0 Å². The van der Waals surface area contributed by atoms with Crippen molar-refractivity contribution in [1.82, 2.24) is 0 Å². The number of carbonyl (C=O) groups excluding carboxylic acids is 1. The van der Waals surface area contributed by atoms with Crippen molar-refractivity contribution < 1.29 is 19.1 Å². The summed E-state index contributed by atoms with van der Waals surface area (Å²) in [5.41, 5.74) is 1.14. The molecule has 5 heteroatoms. The van der Waals surface area contributed by atoms with Crippen molar-refractivity contribution in [2.24, 2.45) is 0 Å². The average Bonchev–Trinajstić information content (AvgIpc) is 2.27. The zero-order valence-electron chi connectivity index (χ0n) is 9.81. The van der Waals surface area contributed by atoms with Gasteiger partial charge in [-0.05, 0) is 24.1 Å². The molecule has 0 fully saturated rings. The van der Waals surface area contributed by atoms with Crippen molar-refractivity contribution in [3.05, 3.63) is 29.8 Å². The van der Waals surface area contributed by atoms with Gasteiger partial charge in [0.05, 0.1) is 0 Å². The van der Waals surface area contributed by atoms with E-state index in [0.717, 1.165) is 10.8 Å². The number of aliphatic carboxylic acids is 1. The molecule has 0 aromatic heterocycles. The Hall–Kier alpha value is -1.62. The van der Waals surface area contributed by atoms with Crippen molar-refractivity contribution in [3.8, 4) is 0 Å². The van der Waals surface area contributed by atoms with Crippen molar-refractivity contribution in [3.63, 3.8) is 0 Å². The fourth-order valence-electron chi connectivity index (χ4n) is 1.39. The highest BCUT2D eigenvalue weighted by Gasteiger charge is 2.06. The van der Waals surface area contributed by atoms with Crippen molar-refractivity contribution >= 4 is 26.9 Å². The molecule has 0 unspecified atom stereocenters. The Balaban J connectivity index is 2.29. The van der Waals surface area contributed by atoms with E-state index < -0.39 is 15.7 Å². The highest BCUT2D eigenvalue weighted by atomic mass is 28.2. The summed E-state index contributed by atoms with van der Waals surface area (Å²) in [6.45, 7) is 1.99. The van der Waals surface area contributed by atoms with Gasteiger partial charge in [-0.25, -0.2) is 0 Å². The van der Waals surface area contributed by atoms with E-state index in [4.69, 9.17) is 9.53 Å². The van der Waals surface area contributed by atoms with Gasteiger partial charge in [-0.3, -0.25) is 9.59 Å². The van der Waals surface area contributed by atoms with Gasteiger partial charge in [0.25, 0.3) is 15.7 Å². The minimum atomic E-state index is -1.03. The second-order valence-corrected chi connectivity index (χ2v) is 5.17. The molecule has 0 spiro atoms. The second-order valence-electron chi connectivity index (χ2n) is 3.83. The first-order valence-electron chi connectivity index (χ1n) is 5.51. The number of aryl methyl sites for hydroxylation is 1. The lowest BCUT2D eigenvalue weighted by Gasteiger charge is -2.06. The maximum absolute atomic E-state index is 11.3. The molecule has 0 saturated heterocycles. The summed E-state index contributed by atoms with van der Waals surface area (Å²) in [5, 5.41) is 9.54. The first kappa shape index (κ1) is 13.4. The number of carboxylic acid groups (broad SMARTS) is 1. The summed E-state index contributed by atoms with van der Waals surface area (Å²) in [6.07, 6.45) is 0.544. The van der Waals surface area contributed by atoms with Gasteiger partial charge in [0.15, 0.2) is 0 Å². The number of hydrogen-bond donors (Lipinski definition) is 1. The van der Waals surface area contributed by atoms with Crippen LogP contribution in [0.15, 0.2) is 24.3 Å². The van der Waals surface area contributed by atoms with E-state index in [1.807, 2.05) is 31.2 Å². The molecular formula is C12H16O4Si. The third kappa shape index (κ3) is 5.30. The van der Waals surface area contributed by atoms with Crippen LogP contribution in [0.1, 0.15) is 24.8 Å². The zero-order valence-corrected chi connectivity index (χ0v) is 11.2. The summed E-state index contributed by atoms with van der Waals surface area (Å²) >= 11 is 0. The first-order chi connectivity index (χ1) is 8.09. The van der Waals surface area contributed by atoms with Crippen LogP contribution in [0.3, 0.4) is 0 Å². The molecule has 0 heterocycles. The lowest BCUT2D eigenvalue weighted by molar-refractivity contribution is -0.137. The largest absolute Gasteiger partial charge is 0.520 e. The molecule has 0 aliphatic carbocycles. The van der Waals surface area contributed by atoms with Gasteiger partial charge in [0, 0.05) is 12.8 Å². The Kier molecular flexibility index (Phi) is 5.42. The monoisotopic (exact) mass is 252 g/mol. The molecule has 0 atom stereocenters. The molecule has 1 rings (SSSR count). The van der Waals surface area contributed by atoms with Gasteiger partial charge in [-0.2, -0.15) is 0 Å². The highest BCUT2D eigenvalue weighted by molar-refractivity contribution is 6.49. The summed E-state index contributed by atoms with van der Waals surface area (Å²) in [5.74, 6) is -1.17. The van der Waals surface area contributed by atoms with Crippen LogP contribution in [-0.4, -0.2) is 26.8 Å². The molecule has 0 radical (unpaired) electrons. The van der Waals surface area contributed by atoms with Crippen LogP contribution in [0, 0.1) is 6.92 Å². The maximum atomic E-state index is 11.3. The van der Waals surface area contributed by atoms with Crippen LogP contribution in [0.5, 0.6) is 0 Å². The predicted octanol–water partition coefficient (Wildman–Crippen LogP) is 0.502. The van der Waals surface area contributed by atoms with Crippen molar-refractivity contribution in [2.75, 3.05) is 0 Å². The number of carbonyl (C=O) groups is 2. The number of carboxylic acids is 1. The third-order valence-corrected chi connectivity index (χ3v) is 3.99. The lowest BCUT2D eigenvalue weighted by Crippen LogP contribution is -2.23. The molecule has 0 aliphatic rings. The van der Waals surface area contributed by atoms with E-state index in [1.165, 1.54) is 0 Å². The summed E-state index contributed by atoms with van der Waals surface area (Å²) in [7, 11) is -1.03. The molecule has 1 aromatic carbocycles. The van der Waals surface area contributed by atoms with Crippen LogP contribution >= 0.6 is 0 Å². The van der Waals surface area contributed by atoms with E-state index in [1.54, 1.807) is 0 Å². The van der Waals surface area contributed by atoms with Gasteiger partial charge >= 0.3 is 5.97 Å². The fraction of sp³-hybridized carbons (Fsp3) is 0.333. The second kappa shape index (κ2) is 6.85. The van der Waals surface area contributed by atoms with Gasteiger partial charge < -0.3 is 9.53 Å². The van der Waals surface area contributed by atoms with E-state index >= 15 is 0 Å². The summed E-state index contributed by atoms with van der Waals surface area (Å²) in [4.78, 5) is 21.6. The van der Waals surface area contributed by atoms with E-state index in [-0.39, 0.29) is 18.8 Å². The Morgan fingerprint density at radius 2 is 2.00 bits per heavy atom. The van der Waals surface area contributed by atoms with Crippen molar-refractivity contribution in [1.29, 1.82) is 0 Å². The van der Waals surface area contributed by atoms with Crippen LogP contribution in [0.4, 0.5) is 0 Å². The van der Waals surface area contributed by atoms with Gasteiger partial charge in [-0.15, -0.1) is 0 Å². The number of hydrogen-bond acceptors (Lipinski definition) is 3. The molecule has 4 nitrogen and oxygen atoms in total. The Bertz CT molecular complexity index is 403. The van der Waals surface area contributed by atoms with E-state index in [2.05, 4.69) is 0 Å². The zero-order chi connectivity index (χ0) is 12.7. The molecule has 1 N–H and O–H groups in total. The predicted molar refractivity (Wildman–Crippen MR) is 66.9 cm³/mol. The quantitative estimate of drug-likeness (QED) is 0.749. The Morgan fingerprint density at radius 3 is 2.65 bits per heavy atom. The number of benzene rings is 1. The van der Waals surface area contributed by atoms with Gasteiger partial charge in [0.1, 0.15) is 0 Å². The Labute approximate surface area is 103 Å². The van der Waals surface area contributed by atoms with Crippen molar-refractivity contribution in [2.45, 2.75) is 26.2 Å². The molecule has 92 valence electrons. The van der Waals surface area contributed by atoms with Gasteiger partial charge in [-0.1, -0.05) is 24.3 Å². The minimum Gasteiger partial charge on any atom is -0.520 e. The summed E-state index contributed by atoms with van der Waals surface area (Å²) < 4.78 is 5.20. The summed E-state index contributed by atoms with van der Waals surface area (Å²) in [6, 6.07) is 7.82.